The Balaban J connectivity index is 1.58. The number of thiazole rings is 1. The van der Waals surface area contributed by atoms with Gasteiger partial charge >= 0.3 is 5.97 Å². The van der Waals surface area contributed by atoms with E-state index in [0.717, 1.165) is 10.8 Å². The molecule has 46 heavy (non-hydrogen) atoms. The van der Waals surface area contributed by atoms with E-state index in [1.165, 1.54) is 34.1 Å². The maximum absolute atomic E-state index is 14.3. The van der Waals surface area contributed by atoms with Crippen molar-refractivity contribution in [2.75, 3.05) is 13.7 Å². The molecule has 5 aromatic rings. The molecule has 6 rings (SSSR count). The van der Waals surface area contributed by atoms with Crippen molar-refractivity contribution in [2.24, 2.45) is 4.99 Å². The number of rotatable bonds is 9. The molecule has 0 amide bonds. The summed E-state index contributed by atoms with van der Waals surface area (Å²) >= 11 is 7.50. The highest BCUT2D eigenvalue weighted by Crippen LogP contribution is 2.41. The summed E-state index contributed by atoms with van der Waals surface area (Å²) < 4.78 is 19.2. The molecule has 0 saturated carbocycles. The van der Waals surface area contributed by atoms with Gasteiger partial charge in [0.25, 0.3) is 11.2 Å². The van der Waals surface area contributed by atoms with E-state index in [-0.39, 0.29) is 28.4 Å². The van der Waals surface area contributed by atoms with Gasteiger partial charge in [0.05, 0.1) is 39.5 Å². The maximum Gasteiger partial charge on any atom is 0.338 e. The number of nitrogens with zero attached hydrogens (tertiary/aromatic N) is 3. The van der Waals surface area contributed by atoms with Crippen LogP contribution in [0.4, 0.5) is 5.69 Å². The molecule has 1 aliphatic rings. The third-order valence-electron chi connectivity index (χ3n) is 7.64. The summed E-state index contributed by atoms with van der Waals surface area (Å²) in [5.41, 5.74) is 1.33. The standard InChI is InChI=1S/C34H28ClN3O7S/c1-4-8-25-30(33(40)44-5-2)31(29-22-10-7-6-9-19(22)11-15-27(29)43-3)37-32(39)28(46-34(37)36-25)18-21-13-16-26(45-21)23-17-20(38(41)42)12-14-24(23)35/h6-7,9-18,31H,4-5,8H2,1-3H3/b28-18-. The number of carbonyl (C=O) groups excluding carboxylic acids is 1. The molecular formula is C34H28ClN3O7S. The lowest BCUT2D eigenvalue weighted by molar-refractivity contribution is -0.384. The van der Waals surface area contributed by atoms with Crippen LogP contribution in [0.5, 0.6) is 5.75 Å². The second kappa shape index (κ2) is 12.8. The Morgan fingerprint density at radius 1 is 1.15 bits per heavy atom. The van der Waals surface area contributed by atoms with Crippen molar-refractivity contribution in [1.82, 2.24) is 4.57 Å². The van der Waals surface area contributed by atoms with Gasteiger partial charge in [0.15, 0.2) is 4.80 Å². The summed E-state index contributed by atoms with van der Waals surface area (Å²) in [6.07, 6.45) is 2.79. The number of ether oxygens (including phenoxy) is 2. The summed E-state index contributed by atoms with van der Waals surface area (Å²) in [5, 5.41) is 13.3. The van der Waals surface area contributed by atoms with Crippen molar-refractivity contribution < 1.29 is 23.6 Å². The number of non-ortho nitro benzene ring substituents is 1. The molecular weight excluding hydrogens is 630 g/mol. The van der Waals surface area contributed by atoms with Gasteiger partial charge in [0.2, 0.25) is 0 Å². The number of hydrogen-bond acceptors (Lipinski definition) is 9. The highest BCUT2D eigenvalue weighted by Gasteiger charge is 2.37. The van der Waals surface area contributed by atoms with Crippen molar-refractivity contribution in [1.29, 1.82) is 0 Å². The Labute approximate surface area is 271 Å². The van der Waals surface area contributed by atoms with Gasteiger partial charge in [0.1, 0.15) is 23.3 Å². The van der Waals surface area contributed by atoms with E-state index in [0.29, 0.717) is 56.3 Å². The summed E-state index contributed by atoms with van der Waals surface area (Å²) in [5.74, 6) is 0.609. The van der Waals surface area contributed by atoms with Gasteiger partial charge in [-0.1, -0.05) is 66.6 Å². The van der Waals surface area contributed by atoms with Crippen molar-refractivity contribution in [2.45, 2.75) is 32.7 Å². The molecule has 0 N–H and O–H groups in total. The summed E-state index contributed by atoms with van der Waals surface area (Å²) in [6, 6.07) is 18.0. The third-order valence-corrected chi connectivity index (χ3v) is 8.96. The molecule has 2 aromatic heterocycles. The van der Waals surface area contributed by atoms with Crippen molar-refractivity contribution in [3.8, 4) is 17.1 Å². The van der Waals surface area contributed by atoms with Crippen LogP contribution in [0.2, 0.25) is 5.02 Å². The topological polar surface area (TPSA) is 126 Å². The number of halogens is 1. The zero-order valence-corrected chi connectivity index (χ0v) is 26.7. The summed E-state index contributed by atoms with van der Waals surface area (Å²) in [7, 11) is 1.56. The number of allylic oxidation sites excluding steroid dienone is 1. The van der Waals surface area contributed by atoms with Crippen LogP contribution in [0, 0.1) is 10.1 Å². The Bertz CT molecular complexity index is 2230. The second-order valence-electron chi connectivity index (χ2n) is 10.4. The first-order valence-corrected chi connectivity index (χ1v) is 15.8. The summed E-state index contributed by atoms with van der Waals surface area (Å²) in [6.45, 7) is 3.89. The van der Waals surface area contributed by atoms with Gasteiger partial charge in [-0.25, -0.2) is 9.79 Å². The van der Waals surface area contributed by atoms with E-state index in [2.05, 4.69) is 0 Å². The molecule has 0 aliphatic carbocycles. The SMILES string of the molecule is CCCC1=C(C(=O)OCC)C(c2c(OC)ccc3ccccc23)n2c(s/c(=C\c3ccc(-c4cc([N+](=O)[O-])ccc4Cl)o3)c2=O)=N1. The van der Waals surface area contributed by atoms with Gasteiger partial charge < -0.3 is 13.9 Å². The summed E-state index contributed by atoms with van der Waals surface area (Å²) in [4.78, 5) is 44.1. The zero-order valence-electron chi connectivity index (χ0n) is 25.1. The Kier molecular flexibility index (Phi) is 8.61. The van der Waals surface area contributed by atoms with Gasteiger partial charge in [0, 0.05) is 29.3 Å². The first-order chi connectivity index (χ1) is 22.2. The Morgan fingerprint density at radius 3 is 2.70 bits per heavy atom. The smallest absolute Gasteiger partial charge is 0.338 e. The molecule has 0 radical (unpaired) electrons. The fourth-order valence-electron chi connectivity index (χ4n) is 5.65. The van der Waals surface area contributed by atoms with Crippen molar-refractivity contribution in [3.05, 3.63) is 124 Å². The lowest BCUT2D eigenvalue weighted by Gasteiger charge is -2.28. The zero-order chi connectivity index (χ0) is 32.5. The lowest BCUT2D eigenvalue weighted by Crippen LogP contribution is -2.40. The maximum atomic E-state index is 14.3. The quantitative estimate of drug-likeness (QED) is 0.0998. The number of aromatic nitrogens is 1. The lowest BCUT2D eigenvalue weighted by atomic mass is 9.90. The van der Waals surface area contributed by atoms with E-state index < -0.39 is 16.9 Å². The average molecular weight is 658 g/mol. The number of benzene rings is 3. The first kappa shape index (κ1) is 31.0. The number of fused-ring (bicyclic) bond motifs is 2. The van der Waals surface area contributed by atoms with Crippen LogP contribution in [-0.4, -0.2) is 29.2 Å². The molecule has 1 unspecified atom stereocenters. The van der Waals surface area contributed by atoms with Crippen LogP contribution >= 0.6 is 22.9 Å². The van der Waals surface area contributed by atoms with Gasteiger partial charge in [-0.15, -0.1) is 0 Å². The molecule has 3 aromatic carbocycles. The fraction of sp³-hybridized carbons (Fsp3) is 0.206. The molecule has 3 heterocycles. The number of nitro groups is 1. The van der Waals surface area contributed by atoms with Crippen LogP contribution in [0.3, 0.4) is 0 Å². The number of nitro benzene ring substituents is 1. The molecule has 0 saturated heterocycles. The van der Waals surface area contributed by atoms with E-state index in [1.54, 1.807) is 32.2 Å². The molecule has 10 nitrogen and oxygen atoms in total. The largest absolute Gasteiger partial charge is 0.496 e. The third kappa shape index (κ3) is 5.52. The van der Waals surface area contributed by atoms with E-state index >= 15 is 0 Å². The van der Waals surface area contributed by atoms with Gasteiger partial charge in [-0.2, -0.15) is 0 Å². The van der Waals surface area contributed by atoms with Crippen molar-refractivity contribution >= 4 is 51.4 Å². The fourth-order valence-corrected chi connectivity index (χ4v) is 6.86. The van der Waals surface area contributed by atoms with Gasteiger partial charge in [-0.05, 0) is 48.4 Å². The number of esters is 1. The number of carbonyl (C=O) groups is 1. The van der Waals surface area contributed by atoms with Crippen molar-refractivity contribution in [3.63, 3.8) is 0 Å². The molecule has 234 valence electrons. The highest BCUT2D eigenvalue weighted by atomic mass is 35.5. The Hall–Kier alpha value is -5.00. The number of hydrogen-bond donors (Lipinski definition) is 0. The monoisotopic (exact) mass is 657 g/mol. The normalized spacial score (nSPS) is 14.7. The molecule has 1 atom stereocenters. The molecule has 0 fully saturated rings. The molecule has 0 spiro atoms. The molecule has 12 heteroatoms. The minimum atomic E-state index is -0.879. The first-order valence-electron chi connectivity index (χ1n) is 14.6. The Morgan fingerprint density at radius 2 is 1.96 bits per heavy atom. The molecule has 1 aliphatic heterocycles. The van der Waals surface area contributed by atoms with Crippen LogP contribution < -0.4 is 19.6 Å². The highest BCUT2D eigenvalue weighted by molar-refractivity contribution is 7.07. The minimum Gasteiger partial charge on any atom is -0.496 e. The van der Waals surface area contributed by atoms with E-state index in [9.17, 15) is 19.7 Å². The predicted molar refractivity (Wildman–Crippen MR) is 176 cm³/mol. The van der Waals surface area contributed by atoms with Crippen LogP contribution in [0.15, 0.2) is 92.2 Å². The number of furan rings is 1. The average Bonchev–Trinajstić information content (AvgIpc) is 3.64. The van der Waals surface area contributed by atoms with Gasteiger partial charge in [-0.3, -0.25) is 19.5 Å². The number of methoxy groups -OCH3 is 1. The van der Waals surface area contributed by atoms with Crippen LogP contribution in [0.1, 0.15) is 44.1 Å². The minimum absolute atomic E-state index is 0.130. The van der Waals surface area contributed by atoms with Crippen LogP contribution in [0.25, 0.3) is 28.2 Å². The van der Waals surface area contributed by atoms with E-state index in [1.807, 2.05) is 43.3 Å². The molecule has 0 bridgehead atoms. The van der Waals surface area contributed by atoms with E-state index in [4.69, 9.17) is 30.5 Å². The van der Waals surface area contributed by atoms with Crippen LogP contribution in [-0.2, 0) is 9.53 Å². The predicted octanol–water partition coefficient (Wildman–Crippen LogP) is 6.56. The second-order valence-corrected chi connectivity index (χ2v) is 11.9.